The van der Waals surface area contributed by atoms with Crippen molar-refractivity contribution < 1.29 is 22.3 Å². The van der Waals surface area contributed by atoms with E-state index in [1.165, 1.54) is 0 Å². The summed E-state index contributed by atoms with van der Waals surface area (Å²) < 4.78 is 59.0. The van der Waals surface area contributed by atoms with Crippen LogP contribution in [0.1, 0.15) is 5.56 Å². The van der Waals surface area contributed by atoms with Crippen LogP contribution in [0, 0.1) is 17.1 Å². The van der Waals surface area contributed by atoms with Crippen molar-refractivity contribution in [3.05, 3.63) is 40.8 Å². The second-order valence-corrected chi connectivity index (χ2v) is 6.69. The molecule has 1 aliphatic heterocycles. The molecule has 1 unspecified atom stereocenters. The van der Waals surface area contributed by atoms with E-state index in [2.05, 4.69) is 0 Å². The number of halogens is 7. The van der Waals surface area contributed by atoms with E-state index in [-0.39, 0.29) is 5.16 Å². The summed E-state index contributed by atoms with van der Waals surface area (Å²) in [6, 6.07) is 4.72. The van der Waals surface area contributed by atoms with Gasteiger partial charge in [-0.2, -0.15) is 18.4 Å². The molecule has 0 N–H and O–H groups in total. The molecule has 1 aliphatic rings. The predicted octanol–water partition coefficient (Wildman–Crippen LogP) is 4.69. The van der Waals surface area contributed by atoms with Gasteiger partial charge in [0, 0.05) is 12.6 Å². The molecule has 0 radical (unpaired) electrons. The molecular weight excluding hydrogens is 395 g/mol. The normalized spacial score (nSPS) is 23.0. The molecule has 2 rings (SSSR count). The van der Waals surface area contributed by atoms with Crippen molar-refractivity contribution in [1.29, 1.82) is 5.26 Å². The van der Waals surface area contributed by atoms with Gasteiger partial charge in [-0.3, -0.25) is 0 Å². The van der Waals surface area contributed by atoms with Crippen LogP contribution in [0.15, 0.2) is 29.4 Å². The summed E-state index contributed by atoms with van der Waals surface area (Å²) in [6.45, 7) is -0.541. The summed E-state index contributed by atoms with van der Waals surface area (Å²) in [5, 5.41) is 8.10. The fourth-order valence-corrected chi connectivity index (χ4v) is 3.92. The lowest BCUT2D eigenvalue weighted by Crippen LogP contribution is -2.60. The Morgan fingerprint density at radius 3 is 2.42 bits per heavy atom. The molecule has 0 amide bonds. The summed E-state index contributed by atoms with van der Waals surface area (Å²) in [6.07, 6.45) is -4.31. The molecule has 3 nitrogen and oxygen atoms in total. The van der Waals surface area contributed by atoms with Gasteiger partial charge in [0.1, 0.15) is 11.2 Å². The Balaban J connectivity index is 2.76. The van der Waals surface area contributed by atoms with Gasteiger partial charge < -0.3 is 9.64 Å². The number of nitrogens with zero attached hydrogens (tertiary/aromatic N) is 2. The Kier molecular flexibility index (Phi) is 4.88. The van der Waals surface area contributed by atoms with Crippen LogP contribution in [0.25, 0.3) is 0 Å². The van der Waals surface area contributed by atoms with E-state index in [1.54, 1.807) is 6.07 Å². The molecule has 10 heteroatoms. The number of benzene rings is 1. The van der Waals surface area contributed by atoms with E-state index in [9.17, 15) is 17.6 Å². The molecule has 1 atom stereocenters. The lowest BCUT2D eigenvalue weighted by Gasteiger charge is -2.45. The van der Waals surface area contributed by atoms with Crippen LogP contribution >= 0.6 is 34.8 Å². The average molecular weight is 404 g/mol. The maximum Gasteiger partial charge on any atom is 0.419 e. The predicted molar refractivity (Wildman–Crippen MR) is 81.4 cm³/mol. The average Bonchev–Trinajstić information content (AvgIpc) is 2.64. The van der Waals surface area contributed by atoms with E-state index < -0.39 is 39.8 Å². The fraction of sp³-hybridized carbons (Fsp3) is 0.357. The third-order valence-electron chi connectivity index (χ3n) is 3.66. The maximum atomic E-state index is 14.7. The summed E-state index contributed by atoms with van der Waals surface area (Å²) in [4.78, 5) is 0.557. The standard InChI is InChI=1S/C14H9Cl3F4N2O/c1-23-10(15)7-12(16,17)13(23,14(19,20)21)8-3-2-4-9(11(8)18)24-6-5-22/h2-4,7H,6H2,1H3. The van der Waals surface area contributed by atoms with Gasteiger partial charge in [0.25, 0.3) is 0 Å². The number of rotatable bonds is 3. The molecule has 0 aliphatic carbocycles. The lowest BCUT2D eigenvalue weighted by atomic mass is 9.85. The highest BCUT2D eigenvalue weighted by Gasteiger charge is 2.73. The smallest absolute Gasteiger partial charge is 0.419 e. The minimum absolute atomic E-state index is 0.389. The minimum Gasteiger partial charge on any atom is -0.476 e. The van der Waals surface area contributed by atoms with Crippen LogP contribution in [0.4, 0.5) is 17.6 Å². The van der Waals surface area contributed by atoms with Crippen LogP contribution in [-0.4, -0.2) is 29.1 Å². The van der Waals surface area contributed by atoms with E-state index >= 15 is 0 Å². The molecule has 0 spiro atoms. The number of hydrogen-bond acceptors (Lipinski definition) is 3. The van der Waals surface area contributed by atoms with Crippen molar-refractivity contribution in [3.63, 3.8) is 0 Å². The first-order valence-corrected chi connectivity index (χ1v) is 7.49. The summed E-state index contributed by atoms with van der Waals surface area (Å²) in [5.74, 6) is -1.86. The van der Waals surface area contributed by atoms with Crippen molar-refractivity contribution >= 4 is 34.8 Å². The van der Waals surface area contributed by atoms with Gasteiger partial charge in [0.15, 0.2) is 22.5 Å². The molecule has 0 fully saturated rings. The van der Waals surface area contributed by atoms with Crippen molar-refractivity contribution in [1.82, 2.24) is 4.90 Å². The first-order chi connectivity index (χ1) is 11.0. The SMILES string of the molecule is CN1C(Cl)=CC(Cl)(Cl)C1(c1cccc(OCC#N)c1F)C(F)(F)F. The highest BCUT2D eigenvalue weighted by molar-refractivity contribution is 6.52. The zero-order chi connectivity index (χ0) is 18.3. The lowest BCUT2D eigenvalue weighted by molar-refractivity contribution is -0.225. The van der Waals surface area contributed by atoms with Gasteiger partial charge >= 0.3 is 6.18 Å². The van der Waals surface area contributed by atoms with E-state index in [0.717, 1.165) is 31.3 Å². The molecule has 1 aromatic carbocycles. The zero-order valence-corrected chi connectivity index (χ0v) is 14.2. The number of hydrogen-bond donors (Lipinski definition) is 0. The fourth-order valence-electron chi connectivity index (χ4n) is 2.64. The molecule has 0 aromatic heterocycles. The van der Waals surface area contributed by atoms with E-state index in [1.807, 2.05) is 0 Å². The molecule has 0 saturated carbocycles. The monoisotopic (exact) mass is 402 g/mol. The Labute approximate surface area is 149 Å². The largest absolute Gasteiger partial charge is 0.476 e. The molecule has 0 saturated heterocycles. The molecule has 0 bridgehead atoms. The minimum atomic E-state index is -5.09. The van der Waals surface area contributed by atoms with Gasteiger partial charge in [-0.05, 0) is 12.1 Å². The van der Waals surface area contributed by atoms with Crippen molar-refractivity contribution in [2.45, 2.75) is 16.0 Å². The third-order valence-corrected chi connectivity index (χ3v) is 4.79. The molecule has 130 valence electrons. The zero-order valence-electron chi connectivity index (χ0n) is 12.0. The number of nitriles is 1. The quantitative estimate of drug-likeness (QED) is 0.417. The molecule has 1 aromatic rings. The maximum absolute atomic E-state index is 14.7. The van der Waals surface area contributed by atoms with Crippen molar-refractivity contribution in [2.24, 2.45) is 0 Å². The second-order valence-electron chi connectivity index (χ2n) is 4.92. The summed E-state index contributed by atoms with van der Waals surface area (Å²) >= 11 is 17.6. The topological polar surface area (TPSA) is 36.3 Å². The van der Waals surface area contributed by atoms with Gasteiger partial charge in [-0.25, -0.2) is 4.39 Å². The Morgan fingerprint density at radius 2 is 1.96 bits per heavy atom. The van der Waals surface area contributed by atoms with Crippen LogP contribution in [0.3, 0.4) is 0 Å². The summed E-state index contributed by atoms with van der Waals surface area (Å²) in [7, 11) is 1.00. The Morgan fingerprint density at radius 1 is 1.33 bits per heavy atom. The molecular formula is C14H9Cl3F4N2O. The van der Waals surface area contributed by atoms with E-state index in [4.69, 9.17) is 44.8 Å². The Bertz CT molecular complexity index is 730. The van der Waals surface area contributed by atoms with Crippen LogP contribution in [-0.2, 0) is 5.54 Å². The first kappa shape index (κ1) is 19.0. The molecule has 24 heavy (non-hydrogen) atoms. The van der Waals surface area contributed by atoms with Crippen molar-refractivity contribution in [3.8, 4) is 11.8 Å². The van der Waals surface area contributed by atoms with Crippen LogP contribution in [0.5, 0.6) is 5.75 Å². The highest BCUT2D eigenvalue weighted by atomic mass is 35.5. The van der Waals surface area contributed by atoms with Crippen LogP contribution < -0.4 is 4.74 Å². The molecule has 1 heterocycles. The van der Waals surface area contributed by atoms with Crippen molar-refractivity contribution in [2.75, 3.05) is 13.7 Å². The number of alkyl halides is 5. The first-order valence-electron chi connectivity index (χ1n) is 6.36. The van der Waals surface area contributed by atoms with Gasteiger partial charge in [-0.1, -0.05) is 46.9 Å². The van der Waals surface area contributed by atoms with Gasteiger partial charge in [-0.15, -0.1) is 0 Å². The number of ether oxygens (including phenoxy) is 1. The third kappa shape index (κ3) is 2.57. The van der Waals surface area contributed by atoms with Gasteiger partial charge in [0.2, 0.25) is 5.54 Å². The highest BCUT2D eigenvalue weighted by Crippen LogP contribution is 2.61. The Hall–Kier alpha value is -1.36. The van der Waals surface area contributed by atoms with Gasteiger partial charge in [0.05, 0.1) is 0 Å². The second kappa shape index (κ2) is 6.17. The van der Waals surface area contributed by atoms with E-state index in [0.29, 0.717) is 4.90 Å². The summed E-state index contributed by atoms with van der Waals surface area (Å²) in [5.41, 5.74) is -4.04. The van der Waals surface area contributed by atoms with Crippen LogP contribution in [0.2, 0.25) is 0 Å².